The van der Waals surface area contributed by atoms with E-state index in [0.29, 0.717) is 11.7 Å². The van der Waals surface area contributed by atoms with Gasteiger partial charge in [0.1, 0.15) is 6.33 Å². The van der Waals surface area contributed by atoms with E-state index < -0.39 is 4.92 Å². The minimum atomic E-state index is -0.398. The average molecular weight is 404 g/mol. The van der Waals surface area contributed by atoms with Crippen molar-refractivity contribution >= 4 is 28.7 Å². The van der Waals surface area contributed by atoms with Crippen molar-refractivity contribution in [3.05, 3.63) is 77.1 Å². The molecule has 8 nitrogen and oxygen atoms in total. The number of nitrogens with one attached hydrogen (secondary N) is 1. The van der Waals surface area contributed by atoms with Crippen LogP contribution in [0.5, 0.6) is 0 Å². The molecule has 2 heterocycles. The van der Waals surface area contributed by atoms with Crippen molar-refractivity contribution < 1.29 is 4.92 Å². The molecule has 1 unspecified atom stereocenters. The monoisotopic (exact) mass is 404 g/mol. The smallest absolute Gasteiger partial charge is 0.350 e. The van der Waals surface area contributed by atoms with Crippen LogP contribution in [-0.2, 0) is 0 Å². The summed E-state index contributed by atoms with van der Waals surface area (Å²) in [7, 11) is 0. The minimum Gasteiger partial charge on any atom is -0.350 e. The van der Waals surface area contributed by atoms with Gasteiger partial charge in [-0.25, -0.2) is 9.97 Å². The molecule has 1 aliphatic heterocycles. The summed E-state index contributed by atoms with van der Waals surface area (Å²) >= 11 is 0. The lowest BCUT2D eigenvalue weighted by atomic mass is 10.0. The summed E-state index contributed by atoms with van der Waals surface area (Å²) in [5.74, 6) is 0.996. The zero-order valence-electron chi connectivity index (χ0n) is 16.8. The van der Waals surface area contributed by atoms with Crippen molar-refractivity contribution in [2.24, 2.45) is 5.92 Å². The Labute approximate surface area is 175 Å². The minimum absolute atomic E-state index is 0.108. The van der Waals surface area contributed by atoms with E-state index in [0.717, 1.165) is 37.3 Å². The normalized spacial score (nSPS) is 16.2. The van der Waals surface area contributed by atoms with E-state index in [1.54, 1.807) is 5.01 Å². The predicted octanol–water partition coefficient (Wildman–Crippen LogP) is 4.79. The molecule has 0 radical (unpaired) electrons. The van der Waals surface area contributed by atoms with E-state index in [9.17, 15) is 10.1 Å². The third-order valence-electron chi connectivity index (χ3n) is 5.19. The van der Waals surface area contributed by atoms with Gasteiger partial charge in [-0.2, -0.15) is 0 Å². The van der Waals surface area contributed by atoms with Gasteiger partial charge in [0.05, 0.1) is 16.3 Å². The van der Waals surface area contributed by atoms with Crippen LogP contribution >= 0.6 is 0 Å². The summed E-state index contributed by atoms with van der Waals surface area (Å²) < 4.78 is 0. The molecule has 1 saturated heterocycles. The molecule has 0 aliphatic carbocycles. The van der Waals surface area contributed by atoms with Crippen LogP contribution in [0.15, 0.2) is 67.0 Å². The molecule has 0 saturated carbocycles. The van der Waals surface area contributed by atoms with E-state index in [1.807, 2.05) is 65.6 Å². The van der Waals surface area contributed by atoms with Crippen LogP contribution in [0.4, 0.5) is 28.7 Å². The van der Waals surface area contributed by atoms with Crippen molar-refractivity contribution in [3.8, 4) is 0 Å². The largest absolute Gasteiger partial charge is 0.355 e. The van der Waals surface area contributed by atoms with Crippen molar-refractivity contribution in [2.45, 2.75) is 19.8 Å². The summed E-state index contributed by atoms with van der Waals surface area (Å²) in [6.45, 7) is 3.66. The quantitative estimate of drug-likeness (QED) is 0.467. The molecule has 1 aliphatic rings. The van der Waals surface area contributed by atoms with E-state index in [-0.39, 0.29) is 11.5 Å². The molecule has 154 valence electrons. The lowest BCUT2D eigenvalue weighted by Gasteiger charge is -2.32. The standard InChI is InChI=1S/C22H24N6O2/c1-17-9-8-14-26(15-17)22-20(28(29)30)21(23-16-24-22)25-27(18-10-4-2-5-11-18)19-12-6-3-7-13-19/h2-7,10-13,16-17H,8-9,14-15H2,1H3,(H,23,24,25). The Kier molecular flexibility index (Phi) is 5.74. The van der Waals surface area contributed by atoms with E-state index >= 15 is 0 Å². The summed E-state index contributed by atoms with van der Waals surface area (Å²) in [6.07, 6.45) is 3.50. The first-order valence-electron chi connectivity index (χ1n) is 10.0. The van der Waals surface area contributed by atoms with E-state index in [4.69, 9.17) is 0 Å². The van der Waals surface area contributed by atoms with Gasteiger partial charge in [0.15, 0.2) is 0 Å². The number of piperidine rings is 1. The summed E-state index contributed by atoms with van der Waals surface area (Å²) in [6, 6.07) is 19.2. The molecule has 1 aromatic heterocycles. The highest BCUT2D eigenvalue weighted by Gasteiger charge is 2.30. The number of hydrazine groups is 1. The molecule has 0 amide bonds. The average Bonchev–Trinajstić information content (AvgIpc) is 2.78. The molecule has 30 heavy (non-hydrogen) atoms. The van der Waals surface area contributed by atoms with Gasteiger partial charge >= 0.3 is 5.69 Å². The highest BCUT2D eigenvalue weighted by molar-refractivity contribution is 5.75. The van der Waals surface area contributed by atoms with Crippen LogP contribution in [0, 0.1) is 16.0 Å². The molecule has 0 bridgehead atoms. The fourth-order valence-corrected chi connectivity index (χ4v) is 3.77. The number of hydrogen-bond acceptors (Lipinski definition) is 7. The summed E-state index contributed by atoms with van der Waals surface area (Å²) in [5, 5.41) is 13.9. The van der Waals surface area contributed by atoms with Gasteiger partial charge in [-0.15, -0.1) is 0 Å². The van der Waals surface area contributed by atoms with Crippen molar-refractivity contribution in [1.29, 1.82) is 0 Å². The number of aromatic nitrogens is 2. The van der Waals surface area contributed by atoms with Crippen LogP contribution in [0.1, 0.15) is 19.8 Å². The molecule has 8 heteroatoms. The van der Waals surface area contributed by atoms with Crippen molar-refractivity contribution in [3.63, 3.8) is 0 Å². The second-order valence-electron chi connectivity index (χ2n) is 7.46. The zero-order chi connectivity index (χ0) is 20.9. The van der Waals surface area contributed by atoms with Gasteiger partial charge in [-0.1, -0.05) is 43.3 Å². The topological polar surface area (TPSA) is 87.4 Å². The maximum Gasteiger partial charge on any atom is 0.355 e. The Morgan fingerprint density at radius 3 is 2.27 bits per heavy atom. The summed E-state index contributed by atoms with van der Waals surface area (Å²) in [4.78, 5) is 22.2. The third-order valence-corrected chi connectivity index (χ3v) is 5.19. The van der Waals surface area contributed by atoms with E-state index in [1.165, 1.54) is 6.33 Å². The predicted molar refractivity (Wildman–Crippen MR) is 118 cm³/mol. The molecular formula is C22H24N6O2. The second-order valence-corrected chi connectivity index (χ2v) is 7.46. The van der Waals surface area contributed by atoms with Gasteiger partial charge in [-0.3, -0.25) is 20.5 Å². The number of nitrogens with zero attached hydrogens (tertiary/aromatic N) is 5. The van der Waals surface area contributed by atoms with Crippen molar-refractivity contribution in [1.82, 2.24) is 9.97 Å². The Hall–Kier alpha value is -3.68. The Morgan fingerprint density at radius 1 is 1.07 bits per heavy atom. The maximum absolute atomic E-state index is 12.1. The van der Waals surface area contributed by atoms with Gasteiger partial charge < -0.3 is 4.90 Å². The number of nitro groups is 1. The number of para-hydroxylation sites is 2. The molecule has 2 aromatic carbocycles. The fourth-order valence-electron chi connectivity index (χ4n) is 3.77. The van der Waals surface area contributed by atoms with Gasteiger partial charge in [-0.05, 0) is 43.0 Å². The van der Waals surface area contributed by atoms with Crippen LogP contribution in [-0.4, -0.2) is 28.0 Å². The van der Waals surface area contributed by atoms with Crippen LogP contribution in [0.2, 0.25) is 0 Å². The Bertz CT molecular complexity index is 960. The number of anilines is 4. The highest BCUT2D eigenvalue weighted by Crippen LogP contribution is 2.36. The lowest BCUT2D eigenvalue weighted by molar-refractivity contribution is -0.383. The van der Waals surface area contributed by atoms with Gasteiger partial charge in [0, 0.05) is 13.1 Å². The molecule has 1 atom stereocenters. The lowest BCUT2D eigenvalue weighted by Crippen LogP contribution is -2.35. The van der Waals surface area contributed by atoms with Crippen LogP contribution in [0.3, 0.4) is 0 Å². The second kappa shape index (κ2) is 8.77. The highest BCUT2D eigenvalue weighted by atomic mass is 16.6. The van der Waals surface area contributed by atoms with Gasteiger partial charge in [0.2, 0.25) is 11.6 Å². The Balaban J connectivity index is 1.75. The molecule has 1 N–H and O–H groups in total. The molecule has 3 aromatic rings. The number of rotatable bonds is 6. The Morgan fingerprint density at radius 2 is 1.70 bits per heavy atom. The van der Waals surface area contributed by atoms with E-state index in [2.05, 4.69) is 22.3 Å². The van der Waals surface area contributed by atoms with Crippen molar-refractivity contribution in [2.75, 3.05) is 28.4 Å². The summed E-state index contributed by atoms with van der Waals surface area (Å²) in [5.41, 5.74) is 4.73. The molecule has 0 spiro atoms. The van der Waals surface area contributed by atoms with Crippen LogP contribution in [0.25, 0.3) is 0 Å². The first-order valence-corrected chi connectivity index (χ1v) is 10.0. The molecule has 1 fully saturated rings. The van der Waals surface area contributed by atoms with Crippen LogP contribution < -0.4 is 15.3 Å². The zero-order valence-corrected chi connectivity index (χ0v) is 16.8. The third kappa shape index (κ3) is 4.17. The number of hydrogen-bond donors (Lipinski definition) is 1. The first-order chi connectivity index (χ1) is 14.6. The SMILES string of the molecule is CC1CCCN(c2ncnc(NN(c3ccccc3)c3ccccc3)c2[N+](=O)[O-])C1. The molecular weight excluding hydrogens is 380 g/mol. The molecule has 4 rings (SSSR count). The van der Waals surface area contributed by atoms with Gasteiger partial charge in [0.25, 0.3) is 0 Å². The first kappa shape index (κ1) is 19.6. The number of benzene rings is 2. The fraction of sp³-hybridized carbons (Fsp3) is 0.273. The maximum atomic E-state index is 12.1.